The Kier molecular flexibility index (Phi) is 4.08. The van der Waals surface area contributed by atoms with E-state index in [1.807, 2.05) is 54.6 Å². The third-order valence-electron chi connectivity index (χ3n) is 4.71. The number of pyridine rings is 1. The summed E-state index contributed by atoms with van der Waals surface area (Å²) >= 11 is 0. The number of guanidine groups is 1. The lowest BCUT2D eigenvalue weighted by molar-refractivity contribution is -0.122. The average Bonchev–Trinajstić information content (AvgIpc) is 3.03. The maximum Gasteiger partial charge on any atom is 0.261 e. The van der Waals surface area contributed by atoms with Gasteiger partial charge in [0, 0.05) is 18.0 Å². The molecule has 2 aromatic carbocycles. The van der Waals surface area contributed by atoms with Crippen molar-refractivity contribution in [3.05, 3.63) is 84.2 Å². The van der Waals surface area contributed by atoms with E-state index in [1.54, 1.807) is 25.6 Å². The molecule has 4 rings (SSSR count). The molecule has 3 N–H and O–H groups in total. The van der Waals surface area contributed by atoms with E-state index >= 15 is 0 Å². The van der Waals surface area contributed by atoms with E-state index in [0.29, 0.717) is 5.75 Å². The van der Waals surface area contributed by atoms with Gasteiger partial charge in [0.15, 0.2) is 11.5 Å². The SMILES string of the molecule is COc1ccncc1-c1cccc(C2(c3ccccc3)NC(=N)NC2=O)c1. The Labute approximate surface area is 156 Å². The minimum Gasteiger partial charge on any atom is -0.496 e. The zero-order chi connectivity index (χ0) is 18.9. The van der Waals surface area contributed by atoms with Crippen LogP contribution in [-0.2, 0) is 10.3 Å². The number of methoxy groups -OCH3 is 1. The fourth-order valence-corrected chi connectivity index (χ4v) is 3.44. The van der Waals surface area contributed by atoms with Crippen LogP contribution in [0.4, 0.5) is 0 Å². The van der Waals surface area contributed by atoms with Crippen molar-refractivity contribution < 1.29 is 9.53 Å². The molecule has 1 amide bonds. The van der Waals surface area contributed by atoms with Crippen molar-refractivity contribution in [2.24, 2.45) is 0 Å². The number of nitrogens with one attached hydrogen (secondary N) is 3. The number of amides is 1. The highest BCUT2D eigenvalue weighted by molar-refractivity contribution is 6.10. The fraction of sp³-hybridized carbons (Fsp3) is 0.0952. The van der Waals surface area contributed by atoms with Crippen molar-refractivity contribution in [2.75, 3.05) is 7.11 Å². The minimum atomic E-state index is -1.16. The Morgan fingerprint density at radius 3 is 2.52 bits per heavy atom. The molecule has 134 valence electrons. The van der Waals surface area contributed by atoms with Crippen LogP contribution in [0.15, 0.2) is 73.1 Å². The summed E-state index contributed by atoms with van der Waals surface area (Å²) in [6, 6.07) is 18.8. The maximum absolute atomic E-state index is 12.9. The number of hydrogen-bond acceptors (Lipinski definition) is 4. The van der Waals surface area contributed by atoms with Crippen molar-refractivity contribution in [2.45, 2.75) is 5.54 Å². The number of ether oxygens (including phenoxy) is 1. The lowest BCUT2D eigenvalue weighted by atomic mass is 9.82. The Balaban J connectivity index is 1.91. The van der Waals surface area contributed by atoms with Gasteiger partial charge in [-0.25, -0.2) is 0 Å². The molecule has 1 unspecified atom stereocenters. The van der Waals surface area contributed by atoms with E-state index in [1.165, 1.54) is 0 Å². The third-order valence-corrected chi connectivity index (χ3v) is 4.71. The van der Waals surface area contributed by atoms with Gasteiger partial charge in [-0.15, -0.1) is 0 Å². The molecular formula is C21H18N4O2. The second kappa shape index (κ2) is 6.57. The van der Waals surface area contributed by atoms with Crippen LogP contribution in [0.25, 0.3) is 11.1 Å². The first-order valence-corrected chi connectivity index (χ1v) is 8.48. The van der Waals surface area contributed by atoms with E-state index in [2.05, 4.69) is 15.6 Å². The van der Waals surface area contributed by atoms with E-state index in [0.717, 1.165) is 22.3 Å². The van der Waals surface area contributed by atoms with Crippen LogP contribution in [0.1, 0.15) is 11.1 Å². The Morgan fingerprint density at radius 2 is 1.81 bits per heavy atom. The second-order valence-corrected chi connectivity index (χ2v) is 6.23. The summed E-state index contributed by atoms with van der Waals surface area (Å²) in [5.41, 5.74) is 2.04. The summed E-state index contributed by atoms with van der Waals surface area (Å²) in [6.45, 7) is 0. The minimum absolute atomic E-state index is 0.0202. The Bertz CT molecular complexity index is 1020. The first-order chi connectivity index (χ1) is 13.1. The van der Waals surface area contributed by atoms with Gasteiger partial charge in [0.25, 0.3) is 5.91 Å². The van der Waals surface area contributed by atoms with Gasteiger partial charge >= 0.3 is 0 Å². The molecule has 2 heterocycles. The molecule has 1 aliphatic heterocycles. The van der Waals surface area contributed by atoms with Crippen LogP contribution in [0.2, 0.25) is 0 Å². The van der Waals surface area contributed by atoms with Crippen LogP contribution in [0.5, 0.6) is 5.75 Å². The summed E-state index contributed by atoms with van der Waals surface area (Å²) < 4.78 is 5.44. The van der Waals surface area contributed by atoms with Crippen LogP contribution in [0, 0.1) is 5.41 Å². The van der Waals surface area contributed by atoms with Crippen LogP contribution in [-0.4, -0.2) is 24.0 Å². The number of aromatic nitrogens is 1. The largest absolute Gasteiger partial charge is 0.496 e. The van der Waals surface area contributed by atoms with Gasteiger partial charge in [0.05, 0.1) is 7.11 Å². The molecular weight excluding hydrogens is 340 g/mol. The van der Waals surface area contributed by atoms with Crippen molar-refractivity contribution >= 4 is 11.9 Å². The number of carbonyl (C=O) groups excluding carboxylic acids is 1. The van der Waals surface area contributed by atoms with Crippen molar-refractivity contribution in [1.82, 2.24) is 15.6 Å². The van der Waals surface area contributed by atoms with Gasteiger partial charge in [-0.1, -0.05) is 48.5 Å². The van der Waals surface area contributed by atoms with E-state index < -0.39 is 5.54 Å². The quantitative estimate of drug-likeness (QED) is 0.669. The molecule has 0 bridgehead atoms. The molecule has 0 aliphatic carbocycles. The highest BCUT2D eigenvalue weighted by atomic mass is 16.5. The summed E-state index contributed by atoms with van der Waals surface area (Å²) in [4.78, 5) is 17.1. The first kappa shape index (κ1) is 16.8. The van der Waals surface area contributed by atoms with Gasteiger partial charge in [0.1, 0.15) is 5.75 Å². The molecule has 3 aromatic rings. The first-order valence-electron chi connectivity index (χ1n) is 8.48. The molecule has 1 aliphatic rings. The molecule has 27 heavy (non-hydrogen) atoms. The van der Waals surface area contributed by atoms with E-state index in [9.17, 15) is 4.79 Å². The summed E-state index contributed by atoms with van der Waals surface area (Å²) in [5.74, 6) is 0.398. The normalized spacial score (nSPS) is 18.7. The molecule has 1 fully saturated rings. The van der Waals surface area contributed by atoms with Gasteiger partial charge in [-0.2, -0.15) is 0 Å². The van der Waals surface area contributed by atoms with Crippen LogP contribution in [0.3, 0.4) is 0 Å². The van der Waals surface area contributed by atoms with Gasteiger partial charge in [-0.3, -0.25) is 20.5 Å². The van der Waals surface area contributed by atoms with E-state index in [-0.39, 0.29) is 11.9 Å². The summed E-state index contributed by atoms with van der Waals surface area (Å²) in [6.07, 6.45) is 3.41. The standard InChI is InChI=1S/C21H18N4O2/c1-27-18-10-11-23-13-17(18)14-6-5-9-16(12-14)21(15-7-3-2-4-8-15)19(26)24-20(22)25-21/h2-13H,1H3,(H3,22,24,25,26). The predicted molar refractivity (Wildman–Crippen MR) is 102 cm³/mol. The van der Waals surface area contributed by atoms with E-state index in [4.69, 9.17) is 10.1 Å². The topological polar surface area (TPSA) is 87.1 Å². The van der Waals surface area contributed by atoms with Gasteiger partial charge < -0.3 is 10.1 Å². The monoisotopic (exact) mass is 358 g/mol. The van der Waals surface area contributed by atoms with Gasteiger partial charge in [-0.05, 0) is 28.8 Å². The number of hydrogen-bond donors (Lipinski definition) is 3. The number of carbonyl (C=O) groups is 1. The Morgan fingerprint density at radius 1 is 1.04 bits per heavy atom. The smallest absolute Gasteiger partial charge is 0.261 e. The predicted octanol–water partition coefficient (Wildman–Crippen LogP) is 2.65. The molecule has 0 saturated carbocycles. The molecule has 1 atom stereocenters. The lowest BCUT2D eigenvalue weighted by Gasteiger charge is -2.28. The number of nitrogens with zero attached hydrogens (tertiary/aromatic N) is 1. The molecule has 6 nitrogen and oxygen atoms in total. The van der Waals surface area contributed by atoms with Crippen LogP contribution < -0.4 is 15.4 Å². The van der Waals surface area contributed by atoms with Crippen molar-refractivity contribution in [3.8, 4) is 16.9 Å². The average molecular weight is 358 g/mol. The number of rotatable bonds is 4. The summed E-state index contributed by atoms with van der Waals surface area (Å²) in [5, 5.41) is 13.6. The Hall–Kier alpha value is -3.67. The third kappa shape index (κ3) is 2.71. The molecule has 1 aromatic heterocycles. The highest BCUT2D eigenvalue weighted by Gasteiger charge is 2.47. The highest BCUT2D eigenvalue weighted by Crippen LogP contribution is 2.36. The summed E-state index contributed by atoms with van der Waals surface area (Å²) in [7, 11) is 1.61. The van der Waals surface area contributed by atoms with Gasteiger partial charge in [0.2, 0.25) is 0 Å². The zero-order valence-corrected chi connectivity index (χ0v) is 14.7. The molecule has 1 saturated heterocycles. The van der Waals surface area contributed by atoms with Crippen molar-refractivity contribution in [1.29, 1.82) is 5.41 Å². The van der Waals surface area contributed by atoms with Crippen LogP contribution >= 0.6 is 0 Å². The fourth-order valence-electron chi connectivity index (χ4n) is 3.44. The molecule has 0 spiro atoms. The lowest BCUT2D eigenvalue weighted by Crippen LogP contribution is -2.44. The second-order valence-electron chi connectivity index (χ2n) is 6.23. The van der Waals surface area contributed by atoms with Crippen molar-refractivity contribution in [3.63, 3.8) is 0 Å². The molecule has 0 radical (unpaired) electrons. The maximum atomic E-state index is 12.9. The number of benzene rings is 2. The molecule has 6 heteroatoms. The zero-order valence-electron chi connectivity index (χ0n) is 14.7.